The predicted octanol–water partition coefficient (Wildman–Crippen LogP) is 1.93. The molecule has 1 aromatic rings. The zero-order chi connectivity index (χ0) is 14.3. The number of benzene rings is 1. The van der Waals surface area contributed by atoms with Crippen molar-refractivity contribution in [2.24, 2.45) is 0 Å². The molecule has 0 atom stereocenters. The molecule has 0 radical (unpaired) electrons. The molecule has 0 bridgehead atoms. The Kier molecular flexibility index (Phi) is 5.76. The van der Waals surface area contributed by atoms with Crippen LogP contribution in [0.4, 0.5) is 0 Å². The summed E-state index contributed by atoms with van der Waals surface area (Å²) < 4.78 is 23.9. The molecular weight excluding hydrogens is 262 g/mol. The van der Waals surface area contributed by atoms with E-state index in [0.29, 0.717) is 5.57 Å². The zero-order valence-electron chi connectivity index (χ0n) is 11.2. The van der Waals surface area contributed by atoms with Crippen LogP contribution in [0, 0.1) is 0 Å². The van der Waals surface area contributed by atoms with Crippen molar-refractivity contribution < 1.29 is 13.2 Å². The number of amides is 1. The summed E-state index contributed by atoms with van der Waals surface area (Å²) in [5, 5.41) is 2.61. The average Bonchev–Trinajstić information content (AvgIpc) is 2.39. The first-order valence-electron chi connectivity index (χ1n) is 6.20. The summed E-state index contributed by atoms with van der Waals surface area (Å²) in [5.74, 6) is -0.313. The third-order valence-corrected chi connectivity index (χ3v) is 4.36. The summed E-state index contributed by atoms with van der Waals surface area (Å²) in [6.45, 7) is 3.77. The molecule has 1 aromatic carbocycles. The van der Waals surface area contributed by atoms with Gasteiger partial charge in [0.25, 0.3) is 0 Å². The van der Waals surface area contributed by atoms with E-state index in [4.69, 9.17) is 0 Å². The Bertz CT molecular complexity index is 547. The van der Waals surface area contributed by atoms with Crippen molar-refractivity contribution in [1.82, 2.24) is 5.32 Å². The van der Waals surface area contributed by atoms with Gasteiger partial charge in [-0.1, -0.05) is 31.2 Å². The summed E-state index contributed by atoms with van der Waals surface area (Å²) in [5.41, 5.74) is 0.611. The van der Waals surface area contributed by atoms with Gasteiger partial charge in [0.15, 0.2) is 9.84 Å². The lowest BCUT2D eigenvalue weighted by Gasteiger charge is -2.06. The van der Waals surface area contributed by atoms with E-state index < -0.39 is 9.84 Å². The largest absolute Gasteiger partial charge is 0.351 e. The lowest BCUT2D eigenvalue weighted by molar-refractivity contribution is -0.117. The number of carbonyl (C=O) groups is 1. The summed E-state index contributed by atoms with van der Waals surface area (Å²) in [6.07, 6.45) is 2.59. The molecule has 0 fully saturated rings. The highest BCUT2D eigenvalue weighted by Crippen LogP contribution is 2.09. The number of hydrogen-bond donors (Lipinski definition) is 1. The highest BCUT2D eigenvalue weighted by molar-refractivity contribution is 7.91. The SMILES string of the molecule is CC/C=C(/C)C(=O)NCCS(=O)(=O)c1ccccc1. The molecule has 0 spiro atoms. The average molecular weight is 281 g/mol. The second-order valence-electron chi connectivity index (χ2n) is 4.18. The Morgan fingerprint density at radius 1 is 1.26 bits per heavy atom. The fraction of sp³-hybridized carbons (Fsp3) is 0.357. The number of carbonyl (C=O) groups excluding carboxylic acids is 1. The molecule has 0 unspecified atom stereocenters. The van der Waals surface area contributed by atoms with Crippen molar-refractivity contribution in [2.75, 3.05) is 12.3 Å². The smallest absolute Gasteiger partial charge is 0.246 e. The van der Waals surface area contributed by atoms with Gasteiger partial charge in [-0.2, -0.15) is 0 Å². The van der Waals surface area contributed by atoms with Crippen LogP contribution < -0.4 is 5.32 Å². The van der Waals surface area contributed by atoms with Gasteiger partial charge in [-0.05, 0) is 25.5 Å². The maximum absolute atomic E-state index is 11.9. The lowest BCUT2D eigenvalue weighted by atomic mass is 10.2. The van der Waals surface area contributed by atoms with E-state index in [1.807, 2.05) is 6.92 Å². The first-order valence-corrected chi connectivity index (χ1v) is 7.85. The Morgan fingerprint density at radius 2 is 1.89 bits per heavy atom. The minimum atomic E-state index is -3.33. The number of nitrogens with one attached hydrogen (secondary N) is 1. The fourth-order valence-corrected chi connectivity index (χ4v) is 2.76. The molecule has 0 aromatic heterocycles. The van der Waals surface area contributed by atoms with E-state index in [1.54, 1.807) is 43.3 Å². The van der Waals surface area contributed by atoms with Crippen LogP contribution in [0.1, 0.15) is 20.3 Å². The standard InChI is InChI=1S/C14H19NO3S/c1-3-7-12(2)14(16)15-10-11-19(17,18)13-8-5-4-6-9-13/h4-9H,3,10-11H2,1-2H3,(H,15,16)/b12-7-. The van der Waals surface area contributed by atoms with Gasteiger partial charge in [0.2, 0.25) is 5.91 Å². The summed E-state index contributed by atoms with van der Waals surface area (Å²) in [4.78, 5) is 11.9. The number of allylic oxidation sites excluding steroid dienone is 1. The van der Waals surface area contributed by atoms with Gasteiger partial charge in [0.1, 0.15) is 0 Å². The molecule has 0 aliphatic carbocycles. The fourth-order valence-electron chi connectivity index (χ4n) is 1.58. The van der Waals surface area contributed by atoms with Crippen LogP contribution >= 0.6 is 0 Å². The molecule has 0 saturated carbocycles. The molecule has 1 rings (SSSR count). The minimum absolute atomic E-state index is 0.0951. The van der Waals surface area contributed by atoms with Crippen LogP contribution in [-0.4, -0.2) is 26.6 Å². The molecule has 19 heavy (non-hydrogen) atoms. The number of sulfone groups is 1. The highest BCUT2D eigenvalue weighted by Gasteiger charge is 2.14. The molecule has 0 aliphatic rings. The van der Waals surface area contributed by atoms with Crippen LogP contribution in [-0.2, 0) is 14.6 Å². The molecule has 5 heteroatoms. The Hall–Kier alpha value is -1.62. The van der Waals surface area contributed by atoms with Gasteiger partial charge in [0, 0.05) is 12.1 Å². The van der Waals surface area contributed by atoms with Gasteiger partial charge >= 0.3 is 0 Å². The Labute approximate surface area is 114 Å². The summed E-state index contributed by atoms with van der Waals surface area (Å²) in [6, 6.07) is 8.23. The molecular formula is C14H19NO3S. The van der Waals surface area contributed by atoms with Crippen LogP contribution in [0.3, 0.4) is 0 Å². The molecule has 4 nitrogen and oxygen atoms in total. The molecule has 1 amide bonds. The molecule has 0 aliphatic heterocycles. The third kappa shape index (κ3) is 4.87. The predicted molar refractivity (Wildman–Crippen MR) is 75.6 cm³/mol. The maximum Gasteiger partial charge on any atom is 0.246 e. The van der Waals surface area contributed by atoms with E-state index in [0.717, 1.165) is 6.42 Å². The summed E-state index contributed by atoms with van der Waals surface area (Å²) in [7, 11) is -3.33. The van der Waals surface area contributed by atoms with Crippen LogP contribution in [0.25, 0.3) is 0 Å². The monoisotopic (exact) mass is 281 g/mol. The molecule has 0 heterocycles. The van der Waals surface area contributed by atoms with Gasteiger partial charge in [-0.25, -0.2) is 8.42 Å². The second-order valence-corrected chi connectivity index (χ2v) is 6.29. The van der Waals surface area contributed by atoms with Crippen LogP contribution in [0.15, 0.2) is 46.9 Å². The normalized spacial score (nSPS) is 12.2. The highest BCUT2D eigenvalue weighted by atomic mass is 32.2. The van der Waals surface area contributed by atoms with Crippen molar-refractivity contribution in [3.05, 3.63) is 42.0 Å². The van der Waals surface area contributed by atoms with Gasteiger partial charge < -0.3 is 5.32 Å². The summed E-state index contributed by atoms with van der Waals surface area (Å²) >= 11 is 0. The Morgan fingerprint density at radius 3 is 2.47 bits per heavy atom. The van der Waals surface area contributed by atoms with Gasteiger partial charge in [0.05, 0.1) is 10.6 Å². The first-order chi connectivity index (χ1) is 8.97. The quantitative estimate of drug-likeness (QED) is 0.810. The van der Waals surface area contributed by atoms with E-state index >= 15 is 0 Å². The molecule has 1 N–H and O–H groups in total. The van der Waals surface area contributed by atoms with Crippen molar-refractivity contribution in [2.45, 2.75) is 25.2 Å². The Balaban J connectivity index is 2.54. The van der Waals surface area contributed by atoms with E-state index in [1.165, 1.54) is 0 Å². The molecule has 0 saturated heterocycles. The topological polar surface area (TPSA) is 63.2 Å². The second kappa shape index (κ2) is 7.09. The van der Waals surface area contributed by atoms with Crippen LogP contribution in [0.5, 0.6) is 0 Å². The maximum atomic E-state index is 11.9. The third-order valence-electron chi connectivity index (χ3n) is 2.63. The van der Waals surface area contributed by atoms with E-state index in [2.05, 4.69) is 5.32 Å². The number of rotatable bonds is 6. The number of hydrogen-bond acceptors (Lipinski definition) is 3. The van der Waals surface area contributed by atoms with Crippen LogP contribution in [0.2, 0.25) is 0 Å². The van der Waals surface area contributed by atoms with Crippen molar-refractivity contribution in [3.63, 3.8) is 0 Å². The van der Waals surface area contributed by atoms with Crippen molar-refractivity contribution in [1.29, 1.82) is 0 Å². The first kappa shape index (κ1) is 15.4. The molecule has 104 valence electrons. The van der Waals surface area contributed by atoms with Gasteiger partial charge in [-0.15, -0.1) is 0 Å². The minimum Gasteiger partial charge on any atom is -0.351 e. The van der Waals surface area contributed by atoms with Crippen molar-refractivity contribution >= 4 is 15.7 Å². The van der Waals surface area contributed by atoms with Crippen molar-refractivity contribution in [3.8, 4) is 0 Å². The van der Waals surface area contributed by atoms with E-state index in [-0.39, 0.29) is 23.1 Å². The zero-order valence-corrected chi connectivity index (χ0v) is 12.0. The van der Waals surface area contributed by atoms with E-state index in [9.17, 15) is 13.2 Å². The van der Waals surface area contributed by atoms with Gasteiger partial charge in [-0.3, -0.25) is 4.79 Å². The lowest BCUT2D eigenvalue weighted by Crippen LogP contribution is -2.29.